The number of carbonyl (C=O) groups excluding carboxylic acids is 6. The molecule has 3 N–H and O–H groups in total. The SMILES string of the molecule is CO[C@H]1C[C@@H]2CC[C@@H](C)[C@@](O)(O2)C(=O)C(=O)N2CCCC[C@H]2C(=O)O[C@H]([C@H](C)C[C@@H]2CC[C@@H](OC(=O)NS(=O)(=O)N3CCOCC3)[C@H](OC)C2)CC(=O)[C@H](C)/C=C(\C)[C@@H](O)[C@@H](OC)C(=O)[C@H](C)C[C@H](C)/C=C/C=C/C=C/1C. The van der Waals surface area contributed by atoms with Crippen LogP contribution in [0.3, 0.4) is 0 Å². The summed E-state index contributed by atoms with van der Waals surface area (Å²) in [4.78, 5) is 85.5. The summed E-state index contributed by atoms with van der Waals surface area (Å²) in [6.45, 7) is 13.0. The second-order valence-electron chi connectivity index (χ2n) is 22.1. The summed E-state index contributed by atoms with van der Waals surface area (Å²) in [5.74, 6) is -8.86. The Kier molecular flexibility index (Phi) is 24.2. The monoisotopic (exact) mass is 1110 g/mol. The fourth-order valence-electron chi connectivity index (χ4n) is 11.4. The lowest BCUT2D eigenvalue weighted by Gasteiger charge is -2.42. The predicted molar refractivity (Wildman–Crippen MR) is 284 cm³/mol. The van der Waals surface area contributed by atoms with E-state index in [0.29, 0.717) is 63.4 Å². The molecule has 4 heterocycles. The van der Waals surface area contributed by atoms with E-state index in [0.717, 1.165) is 14.8 Å². The maximum atomic E-state index is 14.6. The number of methoxy groups -OCH3 is 3. The van der Waals surface area contributed by atoms with Gasteiger partial charge in [-0.25, -0.2) is 14.3 Å². The lowest BCUT2D eigenvalue weighted by molar-refractivity contribution is -0.265. The molecule has 4 fully saturated rings. The van der Waals surface area contributed by atoms with Gasteiger partial charge in [-0.3, -0.25) is 19.2 Å². The Morgan fingerprint density at radius 1 is 0.857 bits per heavy atom. The molecule has 4 aliphatic heterocycles. The third kappa shape index (κ3) is 17.2. The number of allylic oxidation sites excluding steroid dienone is 6. The number of ketones is 3. The van der Waals surface area contributed by atoms with Crippen molar-refractivity contribution in [3.8, 4) is 0 Å². The van der Waals surface area contributed by atoms with Gasteiger partial charge in [0.2, 0.25) is 5.79 Å². The van der Waals surface area contributed by atoms with Crippen molar-refractivity contribution in [1.82, 2.24) is 13.9 Å². The van der Waals surface area contributed by atoms with Crippen molar-refractivity contribution < 1.29 is 80.6 Å². The highest BCUT2D eigenvalue weighted by atomic mass is 32.2. The van der Waals surface area contributed by atoms with Gasteiger partial charge in [-0.1, -0.05) is 71.1 Å². The zero-order chi connectivity index (χ0) is 56.8. The van der Waals surface area contributed by atoms with Crippen LogP contribution in [0.5, 0.6) is 0 Å². The molecule has 2 bridgehead atoms. The highest BCUT2D eigenvalue weighted by Crippen LogP contribution is 2.38. The number of nitrogens with zero attached hydrogens (tertiary/aromatic N) is 2. The largest absolute Gasteiger partial charge is 0.460 e. The number of amides is 2. The number of carbonyl (C=O) groups is 6. The van der Waals surface area contributed by atoms with Gasteiger partial charge in [0.1, 0.15) is 36.2 Å². The van der Waals surface area contributed by atoms with Crippen LogP contribution in [0.1, 0.15) is 126 Å². The van der Waals surface area contributed by atoms with Crippen LogP contribution in [-0.2, 0) is 67.3 Å². The number of nitrogens with one attached hydrogen (secondary N) is 1. The number of aliphatic hydroxyl groups excluding tert-OH is 1. The standard InChI is InChI=1S/C56H87N3O17S/c1-34-16-12-11-13-17-35(2)46(70-8)32-42-21-19-40(7)56(67,76-42)52(63)53(64)59-23-15-14-18-43(59)54(65)74-47(33-44(60)36(3)29-39(6)50(62)51(72-10)49(61)38(5)28-34)37(4)30-41-20-22-45(48(31-41)71-9)75-55(66)57-77(68,69)58-24-26-73-27-25-58/h11-13,16-17,29,34,36-38,40-43,45-48,50-51,62,67H,14-15,18-28,30-33H2,1-10H3,(H,57,66)/b13-11+,16-12+,35-17+,39-29+/t34-,36-,37-,38-,40-,41+,42+,43+,45-,46+,47+,48-,50-,51+,56-/m1/s1. The molecule has 1 saturated carbocycles. The highest BCUT2D eigenvalue weighted by Gasteiger charge is 2.53. The molecule has 20 nitrogen and oxygen atoms in total. The number of aliphatic hydroxyl groups is 2. The molecular formula is C56H87N3O17S. The first-order chi connectivity index (χ1) is 36.4. The van der Waals surface area contributed by atoms with E-state index in [1.165, 1.54) is 14.2 Å². The molecule has 77 heavy (non-hydrogen) atoms. The molecule has 0 radical (unpaired) electrons. The van der Waals surface area contributed by atoms with E-state index in [2.05, 4.69) is 0 Å². The summed E-state index contributed by atoms with van der Waals surface area (Å²) in [7, 11) is 0.209. The van der Waals surface area contributed by atoms with Crippen LogP contribution in [0, 0.1) is 35.5 Å². The number of fused-ring (bicyclic) bond motifs is 3. The number of hydrogen-bond acceptors (Lipinski definition) is 17. The van der Waals surface area contributed by atoms with E-state index in [1.807, 2.05) is 55.9 Å². The number of morpholine rings is 1. The van der Waals surface area contributed by atoms with E-state index in [4.69, 9.17) is 33.2 Å². The molecular weight excluding hydrogens is 1020 g/mol. The van der Waals surface area contributed by atoms with Gasteiger partial charge < -0.3 is 48.3 Å². The van der Waals surface area contributed by atoms with Crippen molar-refractivity contribution in [2.24, 2.45) is 35.5 Å². The number of cyclic esters (lactones) is 1. The average Bonchev–Trinajstić information content (AvgIpc) is 3.42. The van der Waals surface area contributed by atoms with Crippen LogP contribution in [0.15, 0.2) is 47.6 Å². The van der Waals surface area contributed by atoms with Crippen LogP contribution in [0.25, 0.3) is 0 Å². The second kappa shape index (κ2) is 29.3. The highest BCUT2D eigenvalue weighted by molar-refractivity contribution is 7.87. The summed E-state index contributed by atoms with van der Waals surface area (Å²) in [6, 6.07) is -1.22. The molecule has 434 valence electrons. The number of ether oxygens (including phenoxy) is 7. The van der Waals surface area contributed by atoms with Gasteiger partial charge in [0.05, 0.1) is 31.5 Å². The summed E-state index contributed by atoms with van der Waals surface area (Å²) in [6.07, 6.45) is 7.91. The molecule has 1 aliphatic carbocycles. The fraction of sp³-hybridized carbons (Fsp3) is 0.750. The predicted octanol–water partition coefficient (Wildman–Crippen LogP) is 5.49. The van der Waals surface area contributed by atoms with Crippen molar-refractivity contribution in [3.05, 3.63) is 47.6 Å². The topological polar surface area (TPSA) is 260 Å². The van der Waals surface area contributed by atoms with Crippen LogP contribution < -0.4 is 4.72 Å². The van der Waals surface area contributed by atoms with Gasteiger partial charge in [-0.15, -0.1) is 0 Å². The van der Waals surface area contributed by atoms with Gasteiger partial charge in [-0.2, -0.15) is 12.7 Å². The second-order valence-corrected chi connectivity index (χ2v) is 23.8. The molecule has 2 amide bonds. The van der Waals surface area contributed by atoms with Gasteiger partial charge in [0, 0.05) is 71.6 Å². The van der Waals surface area contributed by atoms with E-state index in [-0.39, 0.29) is 75.5 Å². The van der Waals surface area contributed by atoms with Crippen LogP contribution in [0.2, 0.25) is 0 Å². The first-order valence-corrected chi connectivity index (χ1v) is 28.9. The quantitative estimate of drug-likeness (QED) is 0.146. The molecule has 0 aromatic carbocycles. The minimum absolute atomic E-state index is 0.0162. The summed E-state index contributed by atoms with van der Waals surface area (Å²) >= 11 is 0. The van der Waals surface area contributed by atoms with Gasteiger partial charge >= 0.3 is 22.3 Å². The first kappa shape index (κ1) is 63.6. The van der Waals surface area contributed by atoms with Gasteiger partial charge in [0.15, 0.2) is 5.78 Å². The smallest absolute Gasteiger partial charge is 0.422 e. The van der Waals surface area contributed by atoms with E-state index in [1.54, 1.807) is 40.9 Å². The van der Waals surface area contributed by atoms with Gasteiger partial charge in [-0.05, 0) is 107 Å². The van der Waals surface area contributed by atoms with E-state index >= 15 is 0 Å². The Bertz CT molecular complexity index is 2280. The Balaban J connectivity index is 1.42. The van der Waals surface area contributed by atoms with E-state index < -0.39 is 112 Å². The van der Waals surface area contributed by atoms with Gasteiger partial charge in [0.25, 0.3) is 11.7 Å². The van der Waals surface area contributed by atoms with Crippen molar-refractivity contribution >= 4 is 45.5 Å². The summed E-state index contributed by atoms with van der Waals surface area (Å²) < 4.78 is 69.3. The lowest BCUT2D eigenvalue weighted by atomic mass is 9.78. The summed E-state index contributed by atoms with van der Waals surface area (Å²) in [5.41, 5.74) is 1.19. The summed E-state index contributed by atoms with van der Waals surface area (Å²) in [5, 5.41) is 23.6. The Labute approximate surface area is 455 Å². The zero-order valence-corrected chi connectivity index (χ0v) is 47.7. The fourth-order valence-corrected chi connectivity index (χ4v) is 12.4. The zero-order valence-electron chi connectivity index (χ0n) is 46.9. The van der Waals surface area contributed by atoms with Crippen molar-refractivity contribution in [3.63, 3.8) is 0 Å². The number of hydrogen-bond donors (Lipinski definition) is 3. The molecule has 15 atom stereocenters. The number of Topliss-reactive ketones (excluding diaryl/α,β-unsaturated/α-hetero) is 3. The number of piperidine rings is 1. The van der Waals surface area contributed by atoms with Crippen LogP contribution >= 0.6 is 0 Å². The minimum atomic E-state index is -4.17. The van der Waals surface area contributed by atoms with Crippen LogP contribution in [-0.4, -0.2) is 172 Å². The molecule has 0 unspecified atom stereocenters. The Hall–Kier alpha value is -4.19. The third-order valence-corrected chi connectivity index (χ3v) is 17.7. The number of rotatable bonds is 9. The maximum absolute atomic E-state index is 14.6. The maximum Gasteiger partial charge on any atom is 0.422 e. The molecule has 5 aliphatic rings. The molecule has 0 aromatic rings. The third-order valence-electron chi connectivity index (χ3n) is 16.2. The average molecular weight is 1110 g/mol. The molecule has 5 rings (SSSR count). The van der Waals surface area contributed by atoms with Crippen LogP contribution in [0.4, 0.5) is 4.79 Å². The van der Waals surface area contributed by atoms with E-state index in [9.17, 15) is 47.4 Å². The molecule has 3 saturated heterocycles. The van der Waals surface area contributed by atoms with Crippen molar-refractivity contribution in [1.29, 1.82) is 0 Å². The minimum Gasteiger partial charge on any atom is -0.460 e. The molecule has 0 aromatic heterocycles. The Morgan fingerprint density at radius 3 is 2.25 bits per heavy atom. The molecule has 0 spiro atoms. The molecule has 21 heteroatoms. The first-order valence-electron chi connectivity index (χ1n) is 27.5. The van der Waals surface area contributed by atoms with Crippen molar-refractivity contribution in [2.45, 2.75) is 180 Å². The van der Waals surface area contributed by atoms with Crippen molar-refractivity contribution in [2.75, 3.05) is 54.2 Å². The normalized spacial score (nSPS) is 37.5. The Morgan fingerprint density at radius 2 is 1.57 bits per heavy atom. The lowest BCUT2D eigenvalue weighted by Crippen LogP contribution is -2.61. The number of esters is 1.